The summed E-state index contributed by atoms with van der Waals surface area (Å²) in [5.74, 6) is 0.116. The van der Waals surface area contributed by atoms with E-state index in [4.69, 9.17) is 16.9 Å². The van der Waals surface area contributed by atoms with E-state index < -0.39 is 6.43 Å². The molecule has 80 valence electrons. The van der Waals surface area contributed by atoms with Gasteiger partial charge in [-0.2, -0.15) is 5.26 Å². The number of hydrogen-bond acceptors (Lipinski definition) is 2. The summed E-state index contributed by atoms with van der Waals surface area (Å²) < 4.78 is 25.2. The molecular formula is C10H9ClF2N2. The molecule has 0 amide bonds. The Bertz CT molecular complexity index is 399. The average Bonchev–Trinajstić information content (AvgIpc) is 2.18. The van der Waals surface area contributed by atoms with Crippen LogP contribution in [0.3, 0.4) is 0 Å². The fraction of sp³-hybridized carbons (Fsp3) is 0.400. The van der Waals surface area contributed by atoms with E-state index in [0.29, 0.717) is 5.56 Å². The first kappa shape index (κ1) is 11.9. The van der Waals surface area contributed by atoms with Gasteiger partial charge in [0.25, 0.3) is 6.43 Å². The lowest BCUT2D eigenvalue weighted by Crippen LogP contribution is -2.04. The maximum atomic E-state index is 12.6. The van der Waals surface area contributed by atoms with Crippen molar-refractivity contribution in [2.45, 2.75) is 25.7 Å². The Labute approximate surface area is 91.5 Å². The molecule has 0 aliphatic carbocycles. The normalized spacial score (nSPS) is 10.4. The van der Waals surface area contributed by atoms with Crippen LogP contribution in [0.5, 0.6) is 0 Å². The predicted molar refractivity (Wildman–Crippen MR) is 52.8 cm³/mol. The number of nitriles is 1. The summed E-state index contributed by atoms with van der Waals surface area (Å²) in [5.41, 5.74) is 1.25. The fourth-order valence-corrected chi connectivity index (χ4v) is 1.74. The van der Waals surface area contributed by atoms with Gasteiger partial charge in [-0.15, -0.1) is 11.6 Å². The molecule has 0 radical (unpaired) electrons. The summed E-state index contributed by atoms with van der Waals surface area (Å²) in [7, 11) is 0. The van der Waals surface area contributed by atoms with Crippen LogP contribution in [0, 0.1) is 18.3 Å². The lowest BCUT2D eigenvalue weighted by molar-refractivity contribution is 0.145. The number of hydrogen-bond donors (Lipinski definition) is 0. The summed E-state index contributed by atoms with van der Waals surface area (Å²) in [6.45, 7) is 1.74. The Morgan fingerprint density at radius 3 is 2.67 bits per heavy atom. The van der Waals surface area contributed by atoms with Crippen molar-refractivity contribution in [3.63, 3.8) is 0 Å². The standard InChI is InChI=1S/C10H9ClF2N2/c1-6-5-15-9(10(12)13)7(2-3-14)8(6)4-11/h5,10H,2,4H2,1H3. The van der Waals surface area contributed by atoms with E-state index in [1.807, 2.05) is 6.07 Å². The molecule has 0 unspecified atom stereocenters. The molecule has 0 N–H and O–H groups in total. The average molecular weight is 231 g/mol. The topological polar surface area (TPSA) is 36.7 Å². The van der Waals surface area contributed by atoms with Crippen LogP contribution >= 0.6 is 11.6 Å². The molecular weight excluding hydrogens is 222 g/mol. The van der Waals surface area contributed by atoms with Crippen LogP contribution in [-0.2, 0) is 12.3 Å². The molecule has 0 aliphatic heterocycles. The van der Waals surface area contributed by atoms with Gasteiger partial charge in [-0.3, -0.25) is 4.98 Å². The second-order valence-electron chi connectivity index (χ2n) is 3.05. The van der Waals surface area contributed by atoms with Gasteiger partial charge < -0.3 is 0 Å². The van der Waals surface area contributed by atoms with Gasteiger partial charge in [0.2, 0.25) is 0 Å². The third kappa shape index (κ3) is 2.42. The molecule has 0 spiro atoms. The molecule has 15 heavy (non-hydrogen) atoms. The molecule has 5 heteroatoms. The van der Waals surface area contributed by atoms with Crippen molar-refractivity contribution in [3.8, 4) is 6.07 Å². The molecule has 0 atom stereocenters. The Kier molecular flexibility index (Phi) is 3.98. The largest absolute Gasteiger partial charge is 0.280 e. The molecule has 0 aliphatic rings. The zero-order valence-corrected chi connectivity index (χ0v) is 8.85. The molecule has 0 bridgehead atoms. The van der Waals surface area contributed by atoms with Gasteiger partial charge in [-0.05, 0) is 23.6 Å². The van der Waals surface area contributed by atoms with Gasteiger partial charge in [0.1, 0.15) is 5.69 Å². The fourth-order valence-electron chi connectivity index (χ4n) is 1.37. The molecule has 0 aromatic carbocycles. The molecule has 1 aromatic heterocycles. The third-order valence-corrected chi connectivity index (χ3v) is 2.41. The number of pyridine rings is 1. The molecule has 0 saturated carbocycles. The van der Waals surface area contributed by atoms with E-state index in [9.17, 15) is 8.78 Å². The van der Waals surface area contributed by atoms with Gasteiger partial charge in [0.15, 0.2) is 0 Å². The molecule has 0 fully saturated rings. The highest BCUT2D eigenvalue weighted by Crippen LogP contribution is 2.26. The van der Waals surface area contributed by atoms with Gasteiger partial charge in [-0.25, -0.2) is 8.78 Å². The Morgan fingerprint density at radius 1 is 1.53 bits per heavy atom. The zero-order valence-electron chi connectivity index (χ0n) is 8.10. The molecule has 0 saturated heterocycles. The van der Waals surface area contributed by atoms with Crippen LogP contribution in [0.4, 0.5) is 8.78 Å². The SMILES string of the molecule is Cc1cnc(C(F)F)c(CC#N)c1CCl. The monoisotopic (exact) mass is 230 g/mol. The van der Waals surface area contributed by atoms with Crippen LogP contribution in [0.15, 0.2) is 6.20 Å². The third-order valence-electron chi connectivity index (χ3n) is 2.14. The highest BCUT2D eigenvalue weighted by Gasteiger charge is 2.18. The highest BCUT2D eigenvalue weighted by molar-refractivity contribution is 6.17. The lowest BCUT2D eigenvalue weighted by Gasteiger charge is -2.11. The quantitative estimate of drug-likeness (QED) is 0.748. The predicted octanol–water partition coefficient (Wildman–Crippen LogP) is 3.13. The van der Waals surface area contributed by atoms with Gasteiger partial charge in [0, 0.05) is 12.1 Å². The van der Waals surface area contributed by atoms with E-state index >= 15 is 0 Å². The van der Waals surface area contributed by atoms with Crippen molar-refractivity contribution in [1.82, 2.24) is 4.98 Å². The first-order valence-corrected chi connectivity index (χ1v) is 4.83. The second kappa shape index (κ2) is 5.04. The molecule has 1 aromatic rings. The minimum absolute atomic E-state index is 0.0869. The van der Waals surface area contributed by atoms with Crippen molar-refractivity contribution in [1.29, 1.82) is 5.26 Å². The summed E-state index contributed by atoms with van der Waals surface area (Å²) in [6.07, 6.45) is -1.40. The van der Waals surface area contributed by atoms with Gasteiger partial charge in [-0.1, -0.05) is 0 Å². The number of rotatable bonds is 3. The van der Waals surface area contributed by atoms with Gasteiger partial charge >= 0.3 is 0 Å². The highest BCUT2D eigenvalue weighted by atomic mass is 35.5. The number of alkyl halides is 3. The van der Waals surface area contributed by atoms with Crippen LogP contribution < -0.4 is 0 Å². The minimum atomic E-state index is -2.67. The van der Waals surface area contributed by atoms with Crippen molar-refractivity contribution in [3.05, 3.63) is 28.6 Å². The summed E-state index contributed by atoms with van der Waals surface area (Å²) >= 11 is 5.67. The molecule has 1 heterocycles. The van der Waals surface area contributed by atoms with E-state index in [1.165, 1.54) is 6.20 Å². The Morgan fingerprint density at radius 2 is 2.20 bits per heavy atom. The summed E-state index contributed by atoms with van der Waals surface area (Å²) in [6, 6.07) is 1.85. The molecule has 2 nitrogen and oxygen atoms in total. The maximum Gasteiger partial charge on any atom is 0.280 e. The van der Waals surface area contributed by atoms with Crippen LogP contribution in [0.1, 0.15) is 28.8 Å². The first-order chi connectivity index (χ1) is 7.11. The summed E-state index contributed by atoms with van der Waals surface area (Å²) in [5, 5.41) is 8.57. The zero-order chi connectivity index (χ0) is 11.4. The van der Waals surface area contributed by atoms with Crippen LogP contribution in [0.25, 0.3) is 0 Å². The van der Waals surface area contributed by atoms with Crippen LogP contribution in [-0.4, -0.2) is 4.98 Å². The van der Waals surface area contributed by atoms with Crippen molar-refractivity contribution < 1.29 is 8.78 Å². The minimum Gasteiger partial charge on any atom is -0.255 e. The Hall–Kier alpha value is -1.21. The number of aryl methyl sites for hydroxylation is 1. The van der Waals surface area contributed by atoms with Crippen molar-refractivity contribution >= 4 is 11.6 Å². The van der Waals surface area contributed by atoms with E-state index in [-0.39, 0.29) is 23.6 Å². The number of nitrogens with zero attached hydrogens (tertiary/aromatic N) is 2. The molecule has 1 rings (SSSR count). The first-order valence-electron chi connectivity index (χ1n) is 4.30. The Balaban J connectivity index is 3.36. The van der Waals surface area contributed by atoms with Crippen molar-refractivity contribution in [2.75, 3.05) is 0 Å². The van der Waals surface area contributed by atoms with Gasteiger partial charge in [0.05, 0.1) is 12.5 Å². The smallest absolute Gasteiger partial charge is 0.255 e. The van der Waals surface area contributed by atoms with E-state index in [0.717, 1.165) is 5.56 Å². The van der Waals surface area contributed by atoms with E-state index in [1.54, 1.807) is 6.92 Å². The number of halogens is 3. The second-order valence-corrected chi connectivity index (χ2v) is 3.32. The summed E-state index contributed by atoms with van der Waals surface area (Å²) in [4.78, 5) is 3.65. The lowest BCUT2D eigenvalue weighted by atomic mass is 10.0. The maximum absolute atomic E-state index is 12.6. The van der Waals surface area contributed by atoms with E-state index in [2.05, 4.69) is 4.98 Å². The van der Waals surface area contributed by atoms with Crippen molar-refractivity contribution in [2.24, 2.45) is 0 Å². The van der Waals surface area contributed by atoms with Crippen LogP contribution in [0.2, 0.25) is 0 Å². The number of aromatic nitrogens is 1.